The van der Waals surface area contributed by atoms with Crippen LogP contribution in [0.15, 0.2) is 0 Å². The maximum absolute atomic E-state index is 0. The molecule has 0 aliphatic heterocycles. The number of hydrogen-bond acceptors (Lipinski definition) is 0. The molecular formula is MgNdOSr+5. The van der Waals surface area contributed by atoms with Crippen molar-refractivity contribution in [1.82, 2.24) is 0 Å². The first-order valence-electron chi connectivity index (χ1n) is 0. The third-order valence-electron chi connectivity index (χ3n) is 0. The van der Waals surface area contributed by atoms with Crippen molar-refractivity contribution in [3.63, 3.8) is 0 Å². The Morgan fingerprint density at radius 3 is 1.00 bits per heavy atom. The molecule has 0 unspecified atom stereocenters. The average molecular weight is 272 g/mol. The van der Waals surface area contributed by atoms with Crippen LogP contribution in [0.25, 0.3) is 0 Å². The van der Waals surface area contributed by atoms with Gasteiger partial charge in [-0.1, -0.05) is 0 Å². The van der Waals surface area contributed by atoms with Gasteiger partial charge in [0.25, 0.3) is 0 Å². The fourth-order valence-corrected chi connectivity index (χ4v) is 0. The minimum atomic E-state index is 0. The van der Waals surface area contributed by atoms with Crippen molar-refractivity contribution in [2.24, 2.45) is 0 Å². The molecule has 0 aromatic heterocycles. The largest absolute Gasteiger partial charge is 3.00 e. The third-order valence-corrected chi connectivity index (χ3v) is 0. The van der Waals surface area contributed by atoms with E-state index in [0.717, 1.165) is 0 Å². The Morgan fingerprint density at radius 1 is 1.00 bits per heavy atom. The summed E-state index contributed by atoms with van der Waals surface area (Å²) in [7, 11) is 0. The first-order chi connectivity index (χ1) is 0. The van der Waals surface area contributed by atoms with E-state index in [1.165, 1.54) is 0 Å². The van der Waals surface area contributed by atoms with Gasteiger partial charge in [-0.2, -0.15) is 0 Å². The van der Waals surface area contributed by atoms with Crippen molar-refractivity contribution in [2.75, 3.05) is 0 Å². The van der Waals surface area contributed by atoms with E-state index in [9.17, 15) is 0 Å². The van der Waals surface area contributed by atoms with Crippen LogP contribution in [-0.4, -0.2) is 68.5 Å². The van der Waals surface area contributed by atoms with E-state index in [2.05, 4.69) is 0 Å². The van der Waals surface area contributed by atoms with Gasteiger partial charge in [-0.15, -0.1) is 0 Å². The molecule has 9 valence electrons. The van der Waals surface area contributed by atoms with Crippen molar-refractivity contribution < 1.29 is 46.3 Å². The molecule has 0 heterocycles. The SMILES string of the molecule is [Mg+2].[Nd+3].[O-2].[Sr+2]. The second-order valence-electron chi connectivity index (χ2n) is 0. The Hall–Kier alpha value is 3.56. The van der Waals surface area contributed by atoms with E-state index in [4.69, 9.17) is 0 Å². The average Bonchev–Trinajstić information content (AvgIpc) is 0. The predicted molar refractivity (Wildman–Crippen MR) is 12.2 cm³/mol. The van der Waals surface area contributed by atoms with Crippen LogP contribution < -0.4 is 0 Å². The van der Waals surface area contributed by atoms with Crippen LogP contribution in [0.3, 0.4) is 0 Å². The van der Waals surface area contributed by atoms with Crippen LogP contribution in [0.4, 0.5) is 0 Å². The molecule has 4 heavy (non-hydrogen) atoms. The Balaban J connectivity index is 0. The van der Waals surface area contributed by atoms with E-state index in [1.807, 2.05) is 0 Å². The molecule has 0 spiro atoms. The van der Waals surface area contributed by atoms with Gasteiger partial charge in [0.15, 0.2) is 0 Å². The normalized spacial score (nSPS) is 0. The molecule has 0 aromatic carbocycles. The van der Waals surface area contributed by atoms with Gasteiger partial charge in [-0.25, -0.2) is 0 Å². The van der Waals surface area contributed by atoms with E-state index >= 15 is 0 Å². The zero-order valence-electron chi connectivity index (χ0n) is 2.32. The van der Waals surface area contributed by atoms with Crippen LogP contribution in [0.2, 0.25) is 0 Å². The first-order valence-corrected chi connectivity index (χ1v) is 0. The summed E-state index contributed by atoms with van der Waals surface area (Å²) in [6, 6.07) is 0. The maximum Gasteiger partial charge on any atom is 3.00 e. The van der Waals surface area contributed by atoms with Crippen molar-refractivity contribution in [1.29, 1.82) is 0 Å². The van der Waals surface area contributed by atoms with Crippen molar-refractivity contribution in [2.45, 2.75) is 0 Å². The molecule has 0 aliphatic rings. The number of rotatable bonds is 0. The zero-order valence-corrected chi connectivity index (χ0v) is 10.4. The Labute approximate surface area is 112 Å². The van der Waals surface area contributed by atoms with Crippen LogP contribution in [0.5, 0.6) is 0 Å². The molecule has 1 nitrogen and oxygen atoms in total. The van der Waals surface area contributed by atoms with E-state index in [0.29, 0.717) is 0 Å². The molecule has 0 N–H and O–H groups in total. The first kappa shape index (κ1) is 25.7. The standard InChI is InChI=1S/Mg.Nd.O.Sr/q+2;+3;-2;+2. The molecule has 0 saturated heterocycles. The fraction of sp³-hybridized carbons (Fsp3) is 0. The zero-order chi connectivity index (χ0) is 0. The maximum atomic E-state index is 0. The number of hydrogen-bond donors (Lipinski definition) is 0. The van der Waals surface area contributed by atoms with E-state index in [1.54, 1.807) is 0 Å². The second-order valence-corrected chi connectivity index (χ2v) is 0. The topological polar surface area (TPSA) is 28.5 Å². The summed E-state index contributed by atoms with van der Waals surface area (Å²) in [6.07, 6.45) is 0. The predicted octanol–water partition coefficient (Wildman–Crippen LogP) is -0.880. The Morgan fingerprint density at radius 2 is 1.00 bits per heavy atom. The minimum Gasteiger partial charge on any atom is -2.00 e. The van der Waals surface area contributed by atoms with Gasteiger partial charge in [0, 0.05) is 0 Å². The summed E-state index contributed by atoms with van der Waals surface area (Å²) in [4.78, 5) is 0. The fourth-order valence-electron chi connectivity index (χ4n) is 0. The molecular weight excluding hydrogens is 272 g/mol. The van der Waals surface area contributed by atoms with Gasteiger partial charge < -0.3 is 5.48 Å². The van der Waals surface area contributed by atoms with Crippen LogP contribution in [-0.2, 0) is 5.48 Å². The van der Waals surface area contributed by atoms with Crippen LogP contribution >= 0.6 is 0 Å². The summed E-state index contributed by atoms with van der Waals surface area (Å²) < 4.78 is 0. The van der Waals surface area contributed by atoms with Gasteiger partial charge in [0.05, 0.1) is 0 Å². The summed E-state index contributed by atoms with van der Waals surface area (Å²) >= 11 is 0. The molecule has 0 bridgehead atoms. The third kappa shape index (κ3) is 9.12. The molecule has 0 aliphatic carbocycles. The Kier molecular flexibility index (Phi) is 103. The van der Waals surface area contributed by atoms with Crippen LogP contribution in [0, 0.1) is 40.8 Å². The summed E-state index contributed by atoms with van der Waals surface area (Å²) in [5, 5.41) is 0. The summed E-state index contributed by atoms with van der Waals surface area (Å²) in [6.45, 7) is 0. The molecule has 1 radical (unpaired) electrons. The quantitative estimate of drug-likeness (QED) is 0.512. The van der Waals surface area contributed by atoms with Crippen LogP contribution in [0.1, 0.15) is 0 Å². The van der Waals surface area contributed by atoms with E-state index < -0.39 is 0 Å². The van der Waals surface area contributed by atoms with Crippen molar-refractivity contribution >= 4 is 68.5 Å². The molecule has 0 atom stereocenters. The minimum absolute atomic E-state index is 0. The van der Waals surface area contributed by atoms with Gasteiger partial charge in [0.2, 0.25) is 0 Å². The molecule has 0 amide bonds. The van der Waals surface area contributed by atoms with E-state index in [-0.39, 0.29) is 115 Å². The second kappa shape index (κ2) is 16.0. The molecule has 4 heteroatoms. The van der Waals surface area contributed by atoms with Crippen molar-refractivity contribution in [3.8, 4) is 0 Å². The van der Waals surface area contributed by atoms with Gasteiger partial charge in [-0.05, 0) is 0 Å². The summed E-state index contributed by atoms with van der Waals surface area (Å²) in [5.74, 6) is 0. The van der Waals surface area contributed by atoms with Gasteiger partial charge in [-0.3, -0.25) is 0 Å². The molecule has 0 fully saturated rings. The van der Waals surface area contributed by atoms with Gasteiger partial charge >= 0.3 is 109 Å². The summed E-state index contributed by atoms with van der Waals surface area (Å²) in [5.41, 5.74) is 0. The van der Waals surface area contributed by atoms with Gasteiger partial charge in [0.1, 0.15) is 0 Å². The molecule has 0 saturated carbocycles. The molecule has 0 aromatic rings. The monoisotopic (exact) mass is 270 g/mol. The Bertz CT molecular complexity index is 8.00. The molecule has 0 rings (SSSR count). The smallest absolute Gasteiger partial charge is 2.00 e. The van der Waals surface area contributed by atoms with Crippen molar-refractivity contribution in [3.05, 3.63) is 0 Å².